The molecule has 8 heteroatoms. The molecule has 20 heavy (non-hydrogen) atoms. The van der Waals surface area contributed by atoms with Gasteiger partial charge in [0.05, 0.1) is 17.7 Å². The zero-order valence-corrected chi connectivity index (χ0v) is 13.3. The number of rotatable bonds is 4. The Morgan fingerprint density at radius 3 is 2.85 bits per heavy atom. The third-order valence-corrected chi connectivity index (χ3v) is 5.59. The van der Waals surface area contributed by atoms with E-state index >= 15 is 0 Å². The van der Waals surface area contributed by atoms with Gasteiger partial charge in [0, 0.05) is 31.7 Å². The molecule has 1 aromatic carbocycles. The molecule has 1 aliphatic rings. The Morgan fingerprint density at radius 1 is 1.45 bits per heavy atom. The Morgan fingerprint density at radius 2 is 2.20 bits per heavy atom. The van der Waals surface area contributed by atoms with Gasteiger partial charge >= 0.3 is 0 Å². The van der Waals surface area contributed by atoms with Gasteiger partial charge in [0.2, 0.25) is 10.0 Å². The summed E-state index contributed by atoms with van der Waals surface area (Å²) < 4.78 is 31.7. The van der Waals surface area contributed by atoms with Gasteiger partial charge in [-0.05, 0) is 18.2 Å². The van der Waals surface area contributed by atoms with Gasteiger partial charge in [0.25, 0.3) is 0 Å². The summed E-state index contributed by atoms with van der Waals surface area (Å²) in [5.41, 5.74) is 0. The van der Waals surface area contributed by atoms with E-state index in [4.69, 9.17) is 27.9 Å². The van der Waals surface area contributed by atoms with E-state index in [9.17, 15) is 8.42 Å². The third kappa shape index (κ3) is 3.63. The summed E-state index contributed by atoms with van der Waals surface area (Å²) in [5, 5.41) is 3.65. The van der Waals surface area contributed by atoms with Crippen molar-refractivity contribution in [3.8, 4) is 0 Å². The number of morpholine rings is 1. The molecule has 0 amide bonds. The molecule has 1 atom stereocenters. The monoisotopic (exact) mass is 338 g/mol. The molecular weight excluding hydrogens is 323 g/mol. The predicted octanol–water partition coefficient (Wildman–Crippen LogP) is 1.60. The molecule has 112 valence electrons. The maximum absolute atomic E-state index is 12.5. The van der Waals surface area contributed by atoms with Crippen LogP contribution >= 0.6 is 23.2 Å². The lowest BCUT2D eigenvalue weighted by Gasteiger charge is -2.27. The molecule has 1 heterocycles. The SMILES string of the molecule is CN(CC1CNCCO1)S(=O)(=O)c1cc(Cl)ccc1Cl. The second kappa shape index (κ2) is 6.60. The van der Waals surface area contributed by atoms with E-state index in [2.05, 4.69) is 5.32 Å². The van der Waals surface area contributed by atoms with Crippen LogP contribution in [0.1, 0.15) is 0 Å². The Kier molecular flexibility index (Phi) is 5.28. The zero-order valence-electron chi connectivity index (χ0n) is 11.0. The number of nitrogens with one attached hydrogen (secondary N) is 1. The molecule has 1 aliphatic heterocycles. The second-order valence-electron chi connectivity index (χ2n) is 4.56. The maximum atomic E-state index is 12.5. The average molecular weight is 339 g/mol. The van der Waals surface area contributed by atoms with Crippen molar-refractivity contribution >= 4 is 33.2 Å². The molecule has 1 N–H and O–H groups in total. The van der Waals surface area contributed by atoms with Crippen LogP contribution in [0.25, 0.3) is 0 Å². The number of benzene rings is 1. The van der Waals surface area contributed by atoms with Crippen molar-refractivity contribution in [2.75, 3.05) is 33.3 Å². The first-order valence-corrected chi connectivity index (χ1v) is 8.34. The van der Waals surface area contributed by atoms with Gasteiger partial charge in [-0.2, -0.15) is 4.31 Å². The summed E-state index contributed by atoms with van der Waals surface area (Å²) >= 11 is 11.8. The first-order chi connectivity index (χ1) is 9.41. The maximum Gasteiger partial charge on any atom is 0.244 e. The van der Waals surface area contributed by atoms with Crippen molar-refractivity contribution in [1.82, 2.24) is 9.62 Å². The van der Waals surface area contributed by atoms with Crippen molar-refractivity contribution in [3.63, 3.8) is 0 Å². The molecule has 0 saturated carbocycles. The number of halogens is 2. The van der Waals surface area contributed by atoms with Crippen LogP contribution in [0.3, 0.4) is 0 Å². The van der Waals surface area contributed by atoms with Crippen LogP contribution in [-0.2, 0) is 14.8 Å². The first kappa shape index (κ1) is 16.0. The van der Waals surface area contributed by atoms with Gasteiger partial charge in [0.1, 0.15) is 4.90 Å². The molecule has 0 aliphatic carbocycles. The molecule has 0 radical (unpaired) electrons. The highest BCUT2D eigenvalue weighted by molar-refractivity contribution is 7.89. The number of nitrogens with zero attached hydrogens (tertiary/aromatic N) is 1. The molecule has 5 nitrogen and oxygen atoms in total. The Balaban J connectivity index is 2.18. The van der Waals surface area contributed by atoms with Crippen molar-refractivity contribution in [3.05, 3.63) is 28.2 Å². The van der Waals surface area contributed by atoms with Gasteiger partial charge in [-0.3, -0.25) is 0 Å². The van der Waals surface area contributed by atoms with E-state index in [1.807, 2.05) is 0 Å². The van der Waals surface area contributed by atoms with Crippen molar-refractivity contribution in [2.24, 2.45) is 0 Å². The van der Waals surface area contributed by atoms with Crippen molar-refractivity contribution in [1.29, 1.82) is 0 Å². The van der Waals surface area contributed by atoms with Gasteiger partial charge < -0.3 is 10.1 Å². The van der Waals surface area contributed by atoms with E-state index < -0.39 is 10.0 Å². The second-order valence-corrected chi connectivity index (χ2v) is 7.41. The van der Waals surface area contributed by atoms with Crippen LogP contribution in [0, 0.1) is 0 Å². The van der Waals surface area contributed by atoms with E-state index in [1.54, 1.807) is 6.07 Å². The summed E-state index contributed by atoms with van der Waals surface area (Å²) in [4.78, 5) is 0.0120. The first-order valence-electron chi connectivity index (χ1n) is 6.15. The lowest BCUT2D eigenvalue weighted by atomic mass is 10.3. The van der Waals surface area contributed by atoms with Gasteiger partial charge in [-0.25, -0.2) is 8.42 Å². The number of ether oxygens (including phenoxy) is 1. The van der Waals surface area contributed by atoms with Gasteiger partial charge in [-0.15, -0.1) is 0 Å². The fourth-order valence-corrected chi connectivity index (χ4v) is 3.90. The number of sulfonamides is 1. The average Bonchev–Trinajstić information content (AvgIpc) is 2.42. The Bertz CT molecular complexity index is 574. The predicted molar refractivity (Wildman–Crippen MR) is 78.9 cm³/mol. The van der Waals surface area contributed by atoms with Crippen LogP contribution in [0.15, 0.2) is 23.1 Å². The fourth-order valence-electron chi connectivity index (χ4n) is 1.96. The minimum absolute atomic E-state index is 0.0120. The summed E-state index contributed by atoms with van der Waals surface area (Å²) in [6.45, 7) is 2.25. The summed E-state index contributed by atoms with van der Waals surface area (Å²) in [6.07, 6.45) is -0.165. The topological polar surface area (TPSA) is 58.6 Å². The Hall–Kier alpha value is -0.370. The van der Waals surface area contributed by atoms with Crippen LogP contribution in [0.2, 0.25) is 10.0 Å². The van der Waals surface area contributed by atoms with Crippen LogP contribution in [0.5, 0.6) is 0 Å². The largest absolute Gasteiger partial charge is 0.374 e. The molecule has 2 rings (SSSR count). The highest BCUT2D eigenvalue weighted by Crippen LogP contribution is 2.27. The molecule has 0 spiro atoms. The molecule has 0 bridgehead atoms. The molecule has 1 fully saturated rings. The summed E-state index contributed by atoms with van der Waals surface area (Å²) in [5.74, 6) is 0. The fraction of sp³-hybridized carbons (Fsp3) is 0.500. The minimum Gasteiger partial charge on any atom is -0.374 e. The smallest absolute Gasteiger partial charge is 0.244 e. The van der Waals surface area contributed by atoms with Gasteiger partial charge in [0.15, 0.2) is 0 Å². The lowest BCUT2D eigenvalue weighted by Crippen LogP contribution is -2.45. The molecule has 1 aromatic rings. The number of hydrogen-bond acceptors (Lipinski definition) is 4. The van der Waals surface area contributed by atoms with E-state index in [0.717, 1.165) is 6.54 Å². The molecule has 1 unspecified atom stereocenters. The zero-order chi connectivity index (χ0) is 14.8. The van der Waals surface area contributed by atoms with Crippen molar-refractivity contribution < 1.29 is 13.2 Å². The summed E-state index contributed by atoms with van der Waals surface area (Å²) in [7, 11) is -2.18. The van der Waals surface area contributed by atoms with Crippen LogP contribution in [-0.4, -0.2) is 52.1 Å². The number of hydrogen-bond donors (Lipinski definition) is 1. The minimum atomic E-state index is -3.68. The highest BCUT2D eigenvalue weighted by atomic mass is 35.5. The third-order valence-electron chi connectivity index (χ3n) is 3.05. The lowest BCUT2D eigenvalue weighted by molar-refractivity contribution is 0.0206. The molecule has 1 saturated heterocycles. The molecular formula is C12H16Cl2N2O3S. The van der Waals surface area contributed by atoms with E-state index in [1.165, 1.54) is 23.5 Å². The van der Waals surface area contributed by atoms with E-state index in [0.29, 0.717) is 18.2 Å². The quantitative estimate of drug-likeness (QED) is 0.905. The molecule has 0 aromatic heterocycles. The van der Waals surface area contributed by atoms with E-state index in [-0.39, 0.29) is 22.6 Å². The normalized spacial score (nSPS) is 20.3. The standard InChI is InChI=1S/C12H16Cl2N2O3S/c1-16(8-10-7-15-4-5-19-10)20(17,18)12-6-9(13)2-3-11(12)14/h2-3,6,10,15H,4-5,7-8H2,1H3. The highest BCUT2D eigenvalue weighted by Gasteiger charge is 2.27. The number of likely N-dealkylation sites (N-methyl/N-ethyl adjacent to an activating group) is 1. The Labute approximate surface area is 128 Å². The summed E-state index contributed by atoms with van der Waals surface area (Å²) in [6, 6.07) is 4.38. The van der Waals surface area contributed by atoms with Crippen LogP contribution < -0.4 is 5.32 Å². The van der Waals surface area contributed by atoms with Gasteiger partial charge in [-0.1, -0.05) is 23.2 Å². The van der Waals surface area contributed by atoms with Crippen molar-refractivity contribution in [2.45, 2.75) is 11.0 Å². The van der Waals surface area contributed by atoms with Crippen LogP contribution in [0.4, 0.5) is 0 Å².